The molecule has 1 saturated heterocycles. The Bertz CT molecular complexity index is 1030. The SMILES string of the molecule is COc1ccc(Cc2cc([C@@]3(O)O[C@H](CS(C)(=O)=O)[C@@H](O)[C@H](O)[C@H]3O)ccc2Cl)cc1. The Labute approximate surface area is 185 Å². The fourth-order valence-electron chi connectivity index (χ4n) is 3.57. The van der Waals surface area contributed by atoms with E-state index in [1.54, 1.807) is 19.2 Å². The first-order chi connectivity index (χ1) is 14.4. The largest absolute Gasteiger partial charge is 0.497 e. The third-order valence-electron chi connectivity index (χ3n) is 5.27. The predicted molar refractivity (Wildman–Crippen MR) is 114 cm³/mol. The zero-order valence-electron chi connectivity index (χ0n) is 17.0. The molecule has 0 radical (unpaired) electrons. The summed E-state index contributed by atoms with van der Waals surface area (Å²) < 4.78 is 34.0. The van der Waals surface area contributed by atoms with Gasteiger partial charge in [-0.05, 0) is 41.8 Å². The molecule has 4 N–H and O–H groups in total. The molecule has 8 nitrogen and oxygen atoms in total. The Balaban J connectivity index is 1.94. The molecule has 1 aliphatic heterocycles. The van der Waals surface area contributed by atoms with Crippen molar-refractivity contribution in [2.45, 2.75) is 36.6 Å². The number of aliphatic hydroxyl groups excluding tert-OH is 3. The van der Waals surface area contributed by atoms with Crippen molar-refractivity contribution in [3.63, 3.8) is 0 Å². The molecule has 0 aliphatic carbocycles. The molecule has 0 aromatic heterocycles. The van der Waals surface area contributed by atoms with Crippen molar-refractivity contribution in [3.05, 3.63) is 64.2 Å². The fraction of sp³-hybridized carbons (Fsp3) is 0.429. The second-order valence-electron chi connectivity index (χ2n) is 7.70. The number of sulfone groups is 1. The topological polar surface area (TPSA) is 134 Å². The molecule has 31 heavy (non-hydrogen) atoms. The number of ether oxygens (including phenoxy) is 2. The molecule has 2 aromatic rings. The van der Waals surface area contributed by atoms with Crippen LogP contribution in [0.5, 0.6) is 5.75 Å². The average Bonchev–Trinajstić information content (AvgIpc) is 2.71. The summed E-state index contributed by atoms with van der Waals surface area (Å²) in [4.78, 5) is 0. The molecular weight excluding hydrogens is 448 g/mol. The van der Waals surface area contributed by atoms with E-state index in [0.29, 0.717) is 22.8 Å². The maximum Gasteiger partial charge on any atom is 0.222 e. The van der Waals surface area contributed by atoms with Gasteiger partial charge in [0.05, 0.1) is 12.9 Å². The third-order valence-corrected chi connectivity index (χ3v) is 6.57. The first kappa shape index (κ1) is 23.9. The number of halogens is 1. The van der Waals surface area contributed by atoms with Crippen LogP contribution in [-0.2, 0) is 26.8 Å². The van der Waals surface area contributed by atoms with Crippen molar-refractivity contribution in [2.75, 3.05) is 19.1 Å². The minimum absolute atomic E-state index is 0.0670. The number of aliphatic hydroxyl groups is 4. The molecule has 0 bridgehead atoms. The molecule has 1 fully saturated rings. The predicted octanol–water partition coefficient (Wildman–Crippen LogP) is 0.611. The molecule has 3 rings (SSSR count). The summed E-state index contributed by atoms with van der Waals surface area (Å²) in [7, 11) is -2.05. The van der Waals surface area contributed by atoms with E-state index in [2.05, 4.69) is 0 Å². The van der Waals surface area contributed by atoms with Gasteiger partial charge in [0.25, 0.3) is 0 Å². The van der Waals surface area contributed by atoms with E-state index in [1.807, 2.05) is 12.1 Å². The Morgan fingerprint density at radius 2 is 1.74 bits per heavy atom. The normalized spacial score (nSPS) is 29.0. The Hall–Kier alpha value is -1.72. The van der Waals surface area contributed by atoms with Crippen molar-refractivity contribution in [2.24, 2.45) is 0 Å². The van der Waals surface area contributed by atoms with E-state index in [-0.39, 0.29) is 5.56 Å². The van der Waals surface area contributed by atoms with Crippen LogP contribution in [0.3, 0.4) is 0 Å². The van der Waals surface area contributed by atoms with Crippen LogP contribution in [0.25, 0.3) is 0 Å². The fourth-order valence-corrected chi connectivity index (χ4v) is 4.62. The monoisotopic (exact) mass is 472 g/mol. The van der Waals surface area contributed by atoms with E-state index in [9.17, 15) is 28.8 Å². The van der Waals surface area contributed by atoms with Crippen LogP contribution in [-0.4, -0.2) is 72.4 Å². The number of hydrogen-bond donors (Lipinski definition) is 4. The summed E-state index contributed by atoms with van der Waals surface area (Å²) in [6, 6.07) is 11.7. The highest BCUT2D eigenvalue weighted by Gasteiger charge is 2.54. The summed E-state index contributed by atoms with van der Waals surface area (Å²) in [5, 5.41) is 42.4. The van der Waals surface area contributed by atoms with Crippen molar-refractivity contribution in [3.8, 4) is 5.75 Å². The van der Waals surface area contributed by atoms with Gasteiger partial charge in [-0.15, -0.1) is 0 Å². The van der Waals surface area contributed by atoms with Crippen LogP contribution in [0, 0.1) is 0 Å². The minimum Gasteiger partial charge on any atom is -0.497 e. The van der Waals surface area contributed by atoms with Crippen LogP contribution in [0.4, 0.5) is 0 Å². The first-order valence-corrected chi connectivity index (χ1v) is 11.9. The Morgan fingerprint density at radius 1 is 1.10 bits per heavy atom. The average molecular weight is 473 g/mol. The smallest absolute Gasteiger partial charge is 0.222 e. The molecular formula is C21H25ClO8S. The Morgan fingerprint density at radius 3 is 2.32 bits per heavy atom. The van der Waals surface area contributed by atoms with Gasteiger partial charge < -0.3 is 29.9 Å². The zero-order chi connectivity index (χ0) is 23.0. The Kier molecular flexibility index (Phi) is 6.97. The van der Waals surface area contributed by atoms with Crippen LogP contribution in [0.15, 0.2) is 42.5 Å². The second kappa shape index (κ2) is 9.03. The van der Waals surface area contributed by atoms with Crippen LogP contribution in [0.2, 0.25) is 5.02 Å². The molecule has 10 heteroatoms. The molecule has 0 amide bonds. The second-order valence-corrected chi connectivity index (χ2v) is 10.3. The van der Waals surface area contributed by atoms with Crippen LogP contribution in [0.1, 0.15) is 16.7 Å². The van der Waals surface area contributed by atoms with E-state index in [0.717, 1.165) is 11.8 Å². The van der Waals surface area contributed by atoms with Gasteiger partial charge in [0.15, 0.2) is 0 Å². The van der Waals surface area contributed by atoms with Crippen LogP contribution < -0.4 is 4.74 Å². The van der Waals surface area contributed by atoms with Gasteiger partial charge in [0.2, 0.25) is 5.79 Å². The highest BCUT2D eigenvalue weighted by Crippen LogP contribution is 2.38. The van der Waals surface area contributed by atoms with Gasteiger partial charge in [0.1, 0.15) is 40.0 Å². The maximum atomic E-state index is 11.7. The van der Waals surface area contributed by atoms with Crippen molar-refractivity contribution in [1.82, 2.24) is 0 Å². The van der Waals surface area contributed by atoms with E-state index >= 15 is 0 Å². The zero-order valence-corrected chi connectivity index (χ0v) is 18.5. The number of methoxy groups -OCH3 is 1. The quantitative estimate of drug-likeness (QED) is 0.480. The van der Waals surface area contributed by atoms with Gasteiger partial charge in [-0.25, -0.2) is 8.42 Å². The van der Waals surface area contributed by atoms with Gasteiger partial charge in [-0.3, -0.25) is 0 Å². The summed E-state index contributed by atoms with van der Waals surface area (Å²) in [6.07, 6.45) is -5.56. The standard InChI is InChI=1S/C21H25ClO8S/c1-29-15-6-3-12(4-7-15)9-13-10-14(5-8-16(13)22)21(26)20(25)19(24)18(23)17(30-21)11-31(2,27)28/h3-8,10,17-20,23-26H,9,11H2,1-2H3/t17-,18-,19+,20-,21-/m1/s1. The lowest BCUT2D eigenvalue weighted by molar-refractivity contribution is -0.350. The van der Waals surface area contributed by atoms with Crippen molar-refractivity contribution in [1.29, 1.82) is 0 Å². The van der Waals surface area contributed by atoms with Gasteiger partial charge in [-0.1, -0.05) is 29.8 Å². The van der Waals surface area contributed by atoms with E-state index in [1.165, 1.54) is 18.2 Å². The van der Waals surface area contributed by atoms with Gasteiger partial charge in [0, 0.05) is 16.8 Å². The van der Waals surface area contributed by atoms with Gasteiger partial charge >= 0.3 is 0 Å². The van der Waals surface area contributed by atoms with Crippen molar-refractivity contribution < 1.29 is 38.3 Å². The summed E-state index contributed by atoms with van der Waals surface area (Å²) in [5.41, 5.74) is 1.58. The molecule has 1 heterocycles. The molecule has 0 saturated carbocycles. The minimum atomic E-state index is -3.61. The highest BCUT2D eigenvalue weighted by molar-refractivity contribution is 7.90. The van der Waals surface area contributed by atoms with Crippen molar-refractivity contribution >= 4 is 21.4 Å². The summed E-state index contributed by atoms with van der Waals surface area (Å²) in [5.74, 6) is -2.40. The summed E-state index contributed by atoms with van der Waals surface area (Å²) in [6.45, 7) is 0. The maximum absolute atomic E-state index is 11.7. The van der Waals surface area contributed by atoms with E-state index in [4.69, 9.17) is 21.1 Å². The molecule has 1 aliphatic rings. The van der Waals surface area contributed by atoms with Gasteiger partial charge in [-0.2, -0.15) is 0 Å². The number of hydrogen-bond acceptors (Lipinski definition) is 8. The summed E-state index contributed by atoms with van der Waals surface area (Å²) >= 11 is 6.31. The lowest BCUT2D eigenvalue weighted by Crippen LogP contribution is -2.63. The first-order valence-electron chi connectivity index (χ1n) is 9.48. The number of rotatable bonds is 6. The van der Waals surface area contributed by atoms with E-state index < -0.39 is 45.8 Å². The molecule has 0 unspecified atom stereocenters. The van der Waals surface area contributed by atoms with Crippen LogP contribution >= 0.6 is 11.6 Å². The molecule has 2 aromatic carbocycles. The lowest BCUT2D eigenvalue weighted by Gasteiger charge is -2.46. The number of benzene rings is 2. The third kappa shape index (κ3) is 5.20. The highest BCUT2D eigenvalue weighted by atomic mass is 35.5. The molecule has 0 spiro atoms. The molecule has 5 atom stereocenters. The lowest BCUT2D eigenvalue weighted by atomic mass is 9.87. The molecule has 170 valence electrons.